The number of rotatable bonds is 4. The highest BCUT2D eigenvalue weighted by molar-refractivity contribution is 7.80. The van der Waals surface area contributed by atoms with E-state index in [2.05, 4.69) is 5.32 Å². The van der Waals surface area contributed by atoms with Crippen molar-refractivity contribution in [3.05, 3.63) is 88.9 Å². The van der Waals surface area contributed by atoms with Crippen molar-refractivity contribution in [2.45, 2.75) is 12.2 Å². The maximum atomic E-state index is 13.1. The summed E-state index contributed by atoms with van der Waals surface area (Å²) in [5.74, 6) is 1.27. The lowest BCUT2D eigenvalue weighted by Gasteiger charge is -2.26. The molecule has 30 heavy (non-hydrogen) atoms. The molecule has 8 heteroatoms. The number of nitrogens with one attached hydrogen (secondary N) is 1. The lowest BCUT2D eigenvalue weighted by molar-refractivity contribution is -0.137. The summed E-state index contributed by atoms with van der Waals surface area (Å²) in [6.45, 7) is 0.420. The Morgan fingerprint density at radius 1 is 0.967 bits per heavy atom. The van der Waals surface area contributed by atoms with Crippen LogP contribution in [0.25, 0.3) is 0 Å². The largest absolute Gasteiger partial charge is 0.457 e. The first-order chi connectivity index (χ1) is 14.3. The predicted molar refractivity (Wildman–Crippen MR) is 115 cm³/mol. The number of nitrogens with zero attached hydrogens (tertiary/aromatic N) is 1. The number of alkyl halides is 3. The Hall–Kier alpha value is -2.77. The van der Waals surface area contributed by atoms with E-state index < -0.39 is 11.7 Å². The Bertz CT molecular complexity index is 1060. The van der Waals surface area contributed by atoms with Gasteiger partial charge in [0.25, 0.3) is 0 Å². The second kappa shape index (κ2) is 8.16. The first-order valence-electron chi connectivity index (χ1n) is 9.09. The van der Waals surface area contributed by atoms with Gasteiger partial charge in [0.1, 0.15) is 11.5 Å². The molecule has 1 saturated heterocycles. The van der Waals surface area contributed by atoms with Crippen molar-refractivity contribution in [3.8, 4) is 11.5 Å². The van der Waals surface area contributed by atoms with E-state index >= 15 is 0 Å². The second-order valence-corrected chi connectivity index (χ2v) is 7.57. The monoisotopic (exact) mass is 448 g/mol. The summed E-state index contributed by atoms with van der Waals surface area (Å²) < 4.78 is 45.2. The number of halogens is 4. The number of thiocarbonyl (C=S) groups is 1. The standard InChI is InChI=1S/C22H16ClF3N2OS/c23-16-4-8-18(9-5-16)29-19-10-6-17(7-11-19)28-20(13-27-21(28)30)14-2-1-3-15(12-14)22(24,25)26/h1-12,20H,13H2,(H,27,30). The average Bonchev–Trinajstić information content (AvgIpc) is 3.11. The van der Waals surface area contributed by atoms with Crippen LogP contribution in [-0.4, -0.2) is 11.7 Å². The molecule has 0 aliphatic carbocycles. The van der Waals surface area contributed by atoms with Crippen LogP contribution in [0, 0.1) is 0 Å². The maximum absolute atomic E-state index is 13.1. The third-order valence-corrected chi connectivity index (χ3v) is 5.33. The molecule has 1 N–H and O–H groups in total. The molecule has 1 atom stereocenters. The molecule has 3 nitrogen and oxygen atoms in total. The van der Waals surface area contributed by atoms with E-state index in [1.54, 1.807) is 42.5 Å². The summed E-state index contributed by atoms with van der Waals surface area (Å²) in [5.41, 5.74) is 0.624. The molecular weight excluding hydrogens is 433 g/mol. The highest BCUT2D eigenvalue weighted by atomic mass is 35.5. The fourth-order valence-electron chi connectivity index (χ4n) is 3.30. The van der Waals surface area contributed by atoms with Gasteiger partial charge in [-0.2, -0.15) is 13.2 Å². The molecule has 3 aromatic rings. The zero-order valence-corrected chi connectivity index (χ0v) is 17.1. The van der Waals surface area contributed by atoms with Crippen LogP contribution in [0.3, 0.4) is 0 Å². The van der Waals surface area contributed by atoms with E-state index in [9.17, 15) is 13.2 Å². The topological polar surface area (TPSA) is 24.5 Å². The molecule has 0 aromatic heterocycles. The van der Waals surface area contributed by atoms with Gasteiger partial charge in [0.05, 0.1) is 11.6 Å². The van der Waals surface area contributed by atoms with Crippen molar-refractivity contribution >= 4 is 34.6 Å². The van der Waals surface area contributed by atoms with Crippen LogP contribution in [0.1, 0.15) is 17.2 Å². The van der Waals surface area contributed by atoms with Crippen molar-refractivity contribution in [1.29, 1.82) is 0 Å². The minimum Gasteiger partial charge on any atom is -0.457 e. The summed E-state index contributed by atoms with van der Waals surface area (Å²) >= 11 is 11.3. The lowest BCUT2D eigenvalue weighted by atomic mass is 10.0. The van der Waals surface area contributed by atoms with Gasteiger partial charge in [-0.25, -0.2) is 0 Å². The molecule has 1 fully saturated rings. The lowest BCUT2D eigenvalue weighted by Crippen LogP contribution is -2.29. The third-order valence-electron chi connectivity index (χ3n) is 4.74. The molecule has 154 valence electrons. The number of hydrogen-bond donors (Lipinski definition) is 1. The van der Waals surface area contributed by atoms with Gasteiger partial charge in [0.15, 0.2) is 5.11 Å². The minimum absolute atomic E-state index is 0.345. The number of hydrogen-bond acceptors (Lipinski definition) is 2. The minimum atomic E-state index is -4.39. The van der Waals surface area contributed by atoms with E-state index in [1.165, 1.54) is 12.1 Å². The summed E-state index contributed by atoms with van der Waals surface area (Å²) in [5, 5.41) is 4.15. The van der Waals surface area contributed by atoms with Gasteiger partial charge in [-0.15, -0.1) is 0 Å². The van der Waals surface area contributed by atoms with E-state index in [4.69, 9.17) is 28.6 Å². The fraction of sp³-hybridized carbons (Fsp3) is 0.136. The van der Waals surface area contributed by atoms with E-state index in [0.717, 1.165) is 11.8 Å². The van der Waals surface area contributed by atoms with Crippen LogP contribution >= 0.6 is 23.8 Å². The number of benzene rings is 3. The second-order valence-electron chi connectivity index (χ2n) is 6.74. The van der Waals surface area contributed by atoms with Gasteiger partial charge in [-0.1, -0.05) is 23.7 Å². The molecule has 0 radical (unpaired) electrons. The van der Waals surface area contributed by atoms with Gasteiger partial charge >= 0.3 is 6.18 Å². The van der Waals surface area contributed by atoms with Gasteiger partial charge in [0, 0.05) is 17.3 Å². The Morgan fingerprint density at radius 3 is 2.23 bits per heavy atom. The normalized spacial score (nSPS) is 16.5. The first kappa shape index (κ1) is 20.5. The zero-order valence-electron chi connectivity index (χ0n) is 15.5. The van der Waals surface area contributed by atoms with Gasteiger partial charge < -0.3 is 15.0 Å². The Morgan fingerprint density at radius 2 is 1.60 bits per heavy atom. The summed E-state index contributed by atoms with van der Waals surface area (Å²) in [7, 11) is 0. The number of ether oxygens (including phenoxy) is 1. The van der Waals surface area contributed by atoms with E-state index in [1.807, 2.05) is 17.0 Å². The average molecular weight is 449 g/mol. The van der Waals surface area contributed by atoms with Crippen LogP contribution in [-0.2, 0) is 6.18 Å². The van der Waals surface area contributed by atoms with Crippen LogP contribution < -0.4 is 15.0 Å². The molecular formula is C22H16ClF3N2OS. The van der Waals surface area contributed by atoms with Crippen molar-refractivity contribution in [3.63, 3.8) is 0 Å². The van der Waals surface area contributed by atoms with Crippen molar-refractivity contribution in [2.75, 3.05) is 11.4 Å². The maximum Gasteiger partial charge on any atom is 0.416 e. The molecule has 0 spiro atoms. The van der Waals surface area contributed by atoms with E-state index in [0.29, 0.717) is 33.7 Å². The number of anilines is 1. The van der Waals surface area contributed by atoms with Gasteiger partial charge in [-0.05, 0) is 78.4 Å². The summed E-state index contributed by atoms with van der Waals surface area (Å²) in [4.78, 5) is 1.82. The van der Waals surface area contributed by atoms with Crippen LogP contribution in [0.2, 0.25) is 5.02 Å². The SMILES string of the molecule is FC(F)(F)c1cccc(C2CNC(=S)N2c2ccc(Oc3ccc(Cl)cc3)cc2)c1. The predicted octanol–water partition coefficient (Wildman–Crippen LogP) is 6.59. The summed E-state index contributed by atoms with van der Waals surface area (Å²) in [6.07, 6.45) is -4.39. The molecule has 4 rings (SSSR count). The fourth-order valence-corrected chi connectivity index (χ4v) is 3.74. The van der Waals surface area contributed by atoms with E-state index in [-0.39, 0.29) is 6.04 Å². The molecule has 1 unspecified atom stereocenters. The quantitative estimate of drug-likeness (QED) is 0.455. The van der Waals surface area contributed by atoms with Gasteiger partial charge in [-0.3, -0.25) is 0 Å². The highest BCUT2D eigenvalue weighted by Crippen LogP contribution is 2.36. The molecule has 0 bridgehead atoms. The molecule has 1 aliphatic heterocycles. The molecule has 1 aliphatic rings. The molecule has 0 amide bonds. The Kier molecular flexibility index (Phi) is 5.58. The van der Waals surface area contributed by atoms with Gasteiger partial charge in [0.2, 0.25) is 0 Å². The van der Waals surface area contributed by atoms with Crippen LogP contribution in [0.15, 0.2) is 72.8 Å². The Labute approximate surface area is 182 Å². The molecule has 1 heterocycles. The molecule has 0 saturated carbocycles. The van der Waals surface area contributed by atoms with Crippen molar-refractivity contribution < 1.29 is 17.9 Å². The van der Waals surface area contributed by atoms with Crippen molar-refractivity contribution in [2.24, 2.45) is 0 Å². The highest BCUT2D eigenvalue weighted by Gasteiger charge is 2.34. The van der Waals surface area contributed by atoms with Crippen molar-refractivity contribution in [1.82, 2.24) is 5.32 Å². The van der Waals surface area contributed by atoms with Crippen LogP contribution in [0.4, 0.5) is 18.9 Å². The zero-order chi connectivity index (χ0) is 21.3. The summed E-state index contributed by atoms with van der Waals surface area (Å²) in [6, 6.07) is 19.2. The third kappa shape index (κ3) is 4.37. The Balaban J connectivity index is 1.57. The molecule has 3 aromatic carbocycles. The first-order valence-corrected chi connectivity index (χ1v) is 9.87. The smallest absolute Gasteiger partial charge is 0.416 e. The van der Waals surface area contributed by atoms with Crippen LogP contribution in [0.5, 0.6) is 11.5 Å².